The Bertz CT molecular complexity index is 147. The minimum Gasteiger partial charge on any atom is -0.481 e. The molecular weight excluding hydrogens is 142 g/mol. The number of aliphatic carboxylic acids is 1. The average Bonchev–Trinajstić information content (AvgIpc) is 1.93. The van der Waals surface area contributed by atoms with Crippen molar-refractivity contribution >= 4 is 5.97 Å². The number of carboxylic acid groups (broad SMARTS) is 1. The quantitative estimate of drug-likeness (QED) is 0.628. The van der Waals surface area contributed by atoms with Crippen LogP contribution in [-0.2, 0) is 4.79 Å². The molecule has 1 saturated carbocycles. The first kappa shape index (κ1) is 8.53. The number of carbonyl (C=O) groups is 1. The summed E-state index contributed by atoms with van der Waals surface area (Å²) in [5.41, 5.74) is 5.76. The third kappa shape index (κ3) is 2.50. The van der Waals surface area contributed by atoms with E-state index in [1.807, 2.05) is 0 Å². The Hall–Kier alpha value is -0.570. The lowest BCUT2D eigenvalue weighted by molar-refractivity contribution is -0.138. The van der Waals surface area contributed by atoms with Crippen LogP contribution in [0.2, 0.25) is 0 Å². The van der Waals surface area contributed by atoms with E-state index in [1.54, 1.807) is 0 Å². The number of hydrogen-bond donors (Lipinski definition) is 2. The van der Waals surface area contributed by atoms with Crippen molar-refractivity contribution in [3.05, 3.63) is 0 Å². The monoisotopic (exact) mass is 157 g/mol. The van der Waals surface area contributed by atoms with Crippen LogP contribution >= 0.6 is 0 Å². The first-order valence-corrected chi connectivity index (χ1v) is 4.17. The summed E-state index contributed by atoms with van der Waals surface area (Å²) in [4.78, 5) is 10.4. The maximum atomic E-state index is 10.4. The lowest BCUT2D eigenvalue weighted by Gasteiger charge is -2.26. The van der Waals surface area contributed by atoms with Crippen LogP contribution in [0.5, 0.6) is 0 Å². The number of carboxylic acids is 1. The summed E-state index contributed by atoms with van der Waals surface area (Å²) < 4.78 is 0. The van der Waals surface area contributed by atoms with Gasteiger partial charge in [0.1, 0.15) is 0 Å². The SMILES string of the molecule is N[C@@H]1CCCC[C@@H]1CC(=O)O. The predicted molar refractivity (Wildman–Crippen MR) is 42.2 cm³/mol. The second-order valence-electron chi connectivity index (χ2n) is 3.31. The molecule has 0 heterocycles. The van der Waals surface area contributed by atoms with Crippen LogP contribution in [0.25, 0.3) is 0 Å². The second-order valence-corrected chi connectivity index (χ2v) is 3.31. The first-order chi connectivity index (χ1) is 5.20. The average molecular weight is 157 g/mol. The number of nitrogens with two attached hydrogens (primary N) is 1. The van der Waals surface area contributed by atoms with Crippen molar-refractivity contribution in [3.8, 4) is 0 Å². The minimum atomic E-state index is -0.715. The maximum absolute atomic E-state index is 10.4. The molecule has 2 atom stereocenters. The summed E-state index contributed by atoms with van der Waals surface area (Å²) in [6, 6.07) is 0.125. The summed E-state index contributed by atoms with van der Waals surface area (Å²) in [5.74, 6) is -0.492. The Morgan fingerprint density at radius 1 is 1.45 bits per heavy atom. The highest BCUT2D eigenvalue weighted by atomic mass is 16.4. The van der Waals surface area contributed by atoms with Gasteiger partial charge in [0.15, 0.2) is 0 Å². The molecule has 0 saturated heterocycles. The Morgan fingerprint density at radius 3 is 2.64 bits per heavy atom. The van der Waals surface area contributed by atoms with Gasteiger partial charge in [-0.05, 0) is 18.8 Å². The first-order valence-electron chi connectivity index (χ1n) is 4.17. The molecule has 64 valence electrons. The van der Waals surface area contributed by atoms with Gasteiger partial charge in [-0.3, -0.25) is 4.79 Å². The van der Waals surface area contributed by atoms with Gasteiger partial charge in [-0.2, -0.15) is 0 Å². The zero-order chi connectivity index (χ0) is 8.27. The minimum absolute atomic E-state index is 0.125. The maximum Gasteiger partial charge on any atom is 0.303 e. The van der Waals surface area contributed by atoms with E-state index >= 15 is 0 Å². The zero-order valence-corrected chi connectivity index (χ0v) is 6.62. The van der Waals surface area contributed by atoms with E-state index in [-0.39, 0.29) is 18.4 Å². The molecule has 11 heavy (non-hydrogen) atoms. The van der Waals surface area contributed by atoms with Gasteiger partial charge < -0.3 is 10.8 Å². The van der Waals surface area contributed by atoms with Gasteiger partial charge in [-0.1, -0.05) is 12.8 Å². The van der Waals surface area contributed by atoms with E-state index < -0.39 is 5.97 Å². The summed E-state index contributed by atoms with van der Waals surface area (Å²) in [6.07, 6.45) is 4.55. The Morgan fingerprint density at radius 2 is 2.09 bits per heavy atom. The molecule has 0 aromatic rings. The fourth-order valence-electron chi connectivity index (χ4n) is 1.71. The summed E-state index contributed by atoms with van der Waals surface area (Å²) in [5, 5.41) is 8.53. The van der Waals surface area contributed by atoms with Crippen LogP contribution in [0.15, 0.2) is 0 Å². The standard InChI is InChI=1S/C8H15NO2/c9-7-4-2-1-3-6(7)5-8(10)11/h6-7H,1-5,9H2,(H,10,11)/t6-,7-/m1/s1. The van der Waals surface area contributed by atoms with Crippen molar-refractivity contribution in [1.82, 2.24) is 0 Å². The molecule has 3 heteroatoms. The highest BCUT2D eigenvalue weighted by Gasteiger charge is 2.23. The smallest absolute Gasteiger partial charge is 0.303 e. The topological polar surface area (TPSA) is 63.3 Å². The van der Waals surface area contributed by atoms with Crippen LogP contribution in [0.3, 0.4) is 0 Å². The van der Waals surface area contributed by atoms with Gasteiger partial charge in [0.25, 0.3) is 0 Å². The van der Waals surface area contributed by atoms with Crippen LogP contribution in [0, 0.1) is 5.92 Å². The molecule has 0 bridgehead atoms. The molecule has 0 spiro atoms. The van der Waals surface area contributed by atoms with Gasteiger partial charge in [0, 0.05) is 12.5 Å². The molecule has 3 N–H and O–H groups in total. The molecule has 1 aliphatic carbocycles. The molecule has 3 nitrogen and oxygen atoms in total. The van der Waals surface area contributed by atoms with E-state index in [0.29, 0.717) is 0 Å². The molecule has 1 rings (SSSR count). The lowest BCUT2D eigenvalue weighted by Crippen LogP contribution is -2.34. The fraction of sp³-hybridized carbons (Fsp3) is 0.875. The fourth-order valence-corrected chi connectivity index (χ4v) is 1.71. The van der Waals surface area contributed by atoms with Gasteiger partial charge in [-0.15, -0.1) is 0 Å². The third-order valence-corrected chi connectivity index (χ3v) is 2.40. The molecular formula is C8H15NO2. The van der Waals surface area contributed by atoms with E-state index in [2.05, 4.69) is 0 Å². The van der Waals surface area contributed by atoms with Crippen LogP contribution in [-0.4, -0.2) is 17.1 Å². The van der Waals surface area contributed by atoms with Crippen molar-refractivity contribution in [3.63, 3.8) is 0 Å². The van der Waals surface area contributed by atoms with E-state index in [0.717, 1.165) is 25.7 Å². The van der Waals surface area contributed by atoms with Crippen LogP contribution in [0.4, 0.5) is 0 Å². The van der Waals surface area contributed by atoms with Crippen molar-refractivity contribution in [2.24, 2.45) is 11.7 Å². The van der Waals surface area contributed by atoms with E-state index in [1.165, 1.54) is 0 Å². The predicted octanol–water partition coefficient (Wildman–Crippen LogP) is 0.979. The van der Waals surface area contributed by atoms with E-state index in [4.69, 9.17) is 10.8 Å². The highest BCUT2D eigenvalue weighted by Crippen LogP contribution is 2.25. The highest BCUT2D eigenvalue weighted by molar-refractivity contribution is 5.67. The number of rotatable bonds is 2. The molecule has 0 aliphatic heterocycles. The van der Waals surface area contributed by atoms with Gasteiger partial charge in [0.2, 0.25) is 0 Å². The van der Waals surface area contributed by atoms with Crippen molar-refractivity contribution in [2.45, 2.75) is 38.1 Å². The second kappa shape index (κ2) is 3.72. The largest absolute Gasteiger partial charge is 0.481 e. The molecule has 0 radical (unpaired) electrons. The summed E-state index contributed by atoms with van der Waals surface area (Å²) in [6.45, 7) is 0. The molecule has 1 aliphatic rings. The zero-order valence-electron chi connectivity index (χ0n) is 6.62. The van der Waals surface area contributed by atoms with Gasteiger partial charge in [0.05, 0.1) is 0 Å². The van der Waals surface area contributed by atoms with Crippen molar-refractivity contribution < 1.29 is 9.90 Å². The number of hydrogen-bond acceptors (Lipinski definition) is 2. The third-order valence-electron chi connectivity index (χ3n) is 2.40. The van der Waals surface area contributed by atoms with E-state index in [9.17, 15) is 4.79 Å². The lowest BCUT2D eigenvalue weighted by atomic mass is 9.83. The summed E-state index contributed by atoms with van der Waals surface area (Å²) >= 11 is 0. The Labute approximate surface area is 66.6 Å². The molecule has 0 unspecified atom stereocenters. The molecule has 0 aromatic carbocycles. The normalized spacial score (nSPS) is 31.7. The van der Waals surface area contributed by atoms with Crippen molar-refractivity contribution in [2.75, 3.05) is 0 Å². The Kier molecular flexibility index (Phi) is 2.88. The van der Waals surface area contributed by atoms with Crippen LogP contribution < -0.4 is 5.73 Å². The summed E-state index contributed by atoms with van der Waals surface area (Å²) in [7, 11) is 0. The van der Waals surface area contributed by atoms with Gasteiger partial charge >= 0.3 is 5.97 Å². The van der Waals surface area contributed by atoms with Crippen LogP contribution in [0.1, 0.15) is 32.1 Å². The van der Waals surface area contributed by atoms with Gasteiger partial charge in [-0.25, -0.2) is 0 Å². The van der Waals surface area contributed by atoms with Crippen molar-refractivity contribution in [1.29, 1.82) is 0 Å². The molecule has 0 aromatic heterocycles. The molecule has 1 fully saturated rings. The Balaban J connectivity index is 2.35. The molecule has 0 amide bonds.